The molecule has 0 saturated carbocycles. The lowest BCUT2D eigenvalue weighted by Crippen LogP contribution is -2.54. The van der Waals surface area contributed by atoms with Crippen LogP contribution in [0.3, 0.4) is 0 Å². The summed E-state index contributed by atoms with van der Waals surface area (Å²) in [7, 11) is 0. The highest BCUT2D eigenvalue weighted by atomic mass is 16.2. The first-order chi connectivity index (χ1) is 18.8. The Balaban J connectivity index is 1.51. The van der Waals surface area contributed by atoms with Gasteiger partial charge in [0.15, 0.2) is 0 Å². The molecule has 1 atom stereocenters. The standard InChI is InChI=1S/C33H33N3O3/c1-22(2)34-32(38)29(19-24-9-5-4-6-10-24)35(20-25-17-15-23(3)16-18-25)30(37)21-36-28-14-8-12-26-11-7-13-27(31(26)28)33(36)39/h4-18,22,29H,19-21H2,1-3H3,(H,34,38)/t29-/m0/s1. The molecule has 0 saturated heterocycles. The summed E-state index contributed by atoms with van der Waals surface area (Å²) in [5, 5.41) is 4.84. The molecule has 4 aromatic carbocycles. The minimum atomic E-state index is -0.750. The Hall–Kier alpha value is -4.45. The predicted octanol–water partition coefficient (Wildman–Crippen LogP) is 5.27. The van der Waals surface area contributed by atoms with Gasteiger partial charge in [-0.2, -0.15) is 0 Å². The molecular formula is C33H33N3O3. The van der Waals surface area contributed by atoms with Crippen LogP contribution in [0.2, 0.25) is 0 Å². The van der Waals surface area contributed by atoms with Crippen molar-refractivity contribution in [2.45, 2.75) is 45.8 Å². The third-order valence-corrected chi connectivity index (χ3v) is 7.12. The van der Waals surface area contributed by atoms with Crippen molar-refractivity contribution in [2.75, 3.05) is 11.4 Å². The summed E-state index contributed by atoms with van der Waals surface area (Å²) in [6, 6.07) is 28.2. The Morgan fingerprint density at radius 3 is 2.23 bits per heavy atom. The highest BCUT2D eigenvalue weighted by Gasteiger charge is 2.35. The number of carbonyl (C=O) groups is 3. The van der Waals surface area contributed by atoms with Crippen molar-refractivity contribution in [3.8, 4) is 0 Å². The van der Waals surface area contributed by atoms with E-state index in [0.717, 1.165) is 33.2 Å². The number of carbonyl (C=O) groups excluding carboxylic acids is 3. The largest absolute Gasteiger partial charge is 0.352 e. The van der Waals surface area contributed by atoms with Crippen LogP contribution in [0.1, 0.15) is 40.9 Å². The molecular weight excluding hydrogens is 486 g/mol. The Kier molecular flexibility index (Phi) is 7.46. The summed E-state index contributed by atoms with van der Waals surface area (Å²) >= 11 is 0. The average Bonchev–Trinajstić information content (AvgIpc) is 3.19. The van der Waals surface area contributed by atoms with E-state index in [9.17, 15) is 14.4 Å². The van der Waals surface area contributed by atoms with E-state index >= 15 is 0 Å². The SMILES string of the molecule is Cc1ccc(CN(C(=O)CN2C(=O)c3cccc4cccc2c34)[C@@H](Cc2ccccc2)C(=O)NC(C)C)cc1. The Bertz CT molecular complexity index is 1510. The number of amides is 3. The van der Waals surface area contributed by atoms with Crippen LogP contribution in [-0.4, -0.2) is 41.2 Å². The van der Waals surface area contributed by atoms with Crippen LogP contribution in [0.5, 0.6) is 0 Å². The second kappa shape index (κ2) is 11.1. The maximum Gasteiger partial charge on any atom is 0.259 e. The van der Waals surface area contributed by atoms with E-state index in [4.69, 9.17) is 0 Å². The molecule has 0 aromatic heterocycles. The van der Waals surface area contributed by atoms with Crippen molar-refractivity contribution < 1.29 is 14.4 Å². The van der Waals surface area contributed by atoms with Crippen LogP contribution < -0.4 is 10.2 Å². The van der Waals surface area contributed by atoms with E-state index in [2.05, 4.69) is 5.32 Å². The number of nitrogens with one attached hydrogen (secondary N) is 1. The van der Waals surface area contributed by atoms with Gasteiger partial charge < -0.3 is 10.2 Å². The van der Waals surface area contributed by atoms with E-state index < -0.39 is 6.04 Å². The molecule has 6 heteroatoms. The molecule has 1 N–H and O–H groups in total. The second-order valence-electron chi connectivity index (χ2n) is 10.4. The normalized spacial score (nSPS) is 13.1. The summed E-state index contributed by atoms with van der Waals surface area (Å²) in [4.78, 5) is 44.4. The molecule has 198 valence electrons. The number of nitrogens with zero attached hydrogens (tertiary/aromatic N) is 2. The molecule has 0 bridgehead atoms. The van der Waals surface area contributed by atoms with Crippen molar-refractivity contribution in [1.29, 1.82) is 0 Å². The smallest absolute Gasteiger partial charge is 0.259 e. The van der Waals surface area contributed by atoms with Gasteiger partial charge in [-0.1, -0.05) is 84.4 Å². The molecule has 3 amide bonds. The van der Waals surface area contributed by atoms with Crippen LogP contribution in [0.4, 0.5) is 5.69 Å². The maximum atomic E-state index is 14.2. The first kappa shape index (κ1) is 26.2. The lowest BCUT2D eigenvalue weighted by Gasteiger charge is -2.33. The molecule has 0 radical (unpaired) electrons. The first-order valence-electron chi connectivity index (χ1n) is 13.3. The van der Waals surface area contributed by atoms with Gasteiger partial charge in [0.25, 0.3) is 5.91 Å². The van der Waals surface area contributed by atoms with E-state index in [-0.39, 0.29) is 36.9 Å². The zero-order valence-electron chi connectivity index (χ0n) is 22.6. The molecule has 1 heterocycles. The van der Waals surface area contributed by atoms with Gasteiger partial charge in [-0.05, 0) is 49.4 Å². The van der Waals surface area contributed by atoms with Gasteiger partial charge in [-0.15, -0.1) is 0 Å². The zero-order valence-corrected chi connectivity index (χ0v) is 22.6. The predicted molar refractivity (Wildman–Crippen MR) is 155 cm³/mol. The lowest BCUT2D eigenvalue weighted by atomic mass is 10.0. The highest BCUT2D eigenvalue weighted by molar-refractivity contribution is 6.26. The fourth-order valence-electron chi connectivity index (χ4n) is 5.19. The van der Waals surface area contributed by atoms with E-state index in [0.29, 0.717) is 12.0 Å². The zero-order chi connectivity index (χ0) is 27.5. The average molecular weight is 520 g/mol. The highest BCUT2D eigenvalue weighted by Crippen LogP contribution is 2.37. The van der Waals surface area contributed by atoms with Crippen LogP contribution in [0, 0.1) is 6.92 Å². The van der Waals surface area contributed by atoms with Crippen LogP contribution in [0.15, 0.2) is 91.0 Å². The fourth-order valence-corrected chi connectivity index (χ4v) is 5.19. The van der Waals surface area contributed by atoms with Crippen molar-refractivity contribution in [1.82, 2.24) is 10.2 Å². The Morgan fingerprint density at radius 1 is 0.846 bits per heavy atom. The van der Waals surface area contributed by atoms with Crippen molar-refractivity contribution >= 4 is 34.2 Å². The second-order valence-corrected chi connectivity index (χ2v) is 10.4. The topological polar surface area (TPSA) is 69.7 Å². The monoisotopic (exact) mass is 519 g/mol. The van der Waals surface area contributed by atoms with E-state index in [1.807, 2.05) is 106 Å². The van der Waals surface area contributed by atoms with Gasteiger partial charge in [-0.3, -0.25) is 19.3 Å². The lowest BCUT2D eigenvalue weighted by molar-refractivity contribution is -0.140. The van der Waals surface area contributed by atoms with Gasteiger partial charge in [0.2, 0.25) is 11.8 Å². The van der Waals surface area contributed by atoms with Gasteiger partial charge >= 0.3 is 0 Å². The molecule has 39 heavy (non-hydrogen) atoms. The maximum absolute atomic E-state index is 14.2. The fraction of sp³-hybridized carbons (Fsp3) is 0.242. The van der Waals surface area contributed by atoms with E-state index in [1.54, 1.807) is 15.9 Å². The molecule has 0 unspecified atom stereocenters. The third kappa shape index (κ3) is 5.55. The number of rotatable bonds is 9. The summed E-state index contributed by atoms with van der Waals surface area (Å²) < 4.78 is 0. The minimum Gasteiger partial charge on any atom is -0.352 e. The van der Waals surface area contributed by atoms with Gasteiger partial charge in [0.1, 0.15) is 12.6 Å². The van der Waals surface area contributed by atoms with Gasteiger partial charge in [-0.25, -0.2) is 0 Å². The minimum absolute atomic E-state index is 0.0839. The van der Waals surface area contributed by atoms with Crippen LogP contribution in [-0.2, 0) is 22.6 Å². The summed E-state index contributed by atoms with van der Waals surface area (Å²) in [5.41, 5.74) is 4.31. The number of anilines is 1. The summed E-state index contributed by atoms with van der Waals surface area (Å²) in [6.45, 7) is 5.92. The number of benzene rings is 4. The molecule has 0 fully saturated rings. The Labute approximate surface area is 229 Å². The first-order valence-corrected chi connectivity index (χ1v) is 13.3. The van der Waals surface area contributed by atoms with Gasteiger partial charge in [0, 0.05) is 30.0 Å². The van der Waals surface area contributed by atoms with Crippen molar-refractivity contribution in [3.63, 3.8) is 0 Å². The van der Waals surface area contributed by atoms with Crippen molar-refractivity contribution in [2.24, 2.45) is 0 Å². The Morgan fingerprint density at radius 2 is 1.54 bits per heavy atom. The number of aryl methyl sites for hydroxylation is 1. The quantitative estimate of drug-likeness (QED) is 0.327. The molecule has 6 nitrogen and oxygen atoms in total. The van der Waals surface area contributed by atoms with E-state index in [1.165, 1.54) is 0 Å². The van der Waals surface area contributed by atoms with Crippen LogP contribution >= 0.6 is 0 Å². The summed E-state index contributed by atoms with van der Waals surface area (Å²) in [5.74, 6) is -0.697. The third-order valence-electron chi connectivity index (χ3n) is 7.12. The number of hydrogen-bond acceptors (Lipinski definition) is 3. The molecule has 1 aliphatic rings. The molecule has 1 aliphatic heterocycles. The molecule has 4 aromatic rings. The van der Waals surface area contributed by atoms with Crippen LogP contribution in [0.25, 0.3) is 10.8 Å². The number of hydrogen-bond donors (Lipinski definition) is 1. The molecule has 0 spiro atoms. The molecule has 5 rings (SSSR count). The molecule has 0 aliphatic carbocycles. The van der Waals surface area contributed by atoms with Gasteiger partial charge in [0.05, 0.1) is 5.69 Å². The van der Waals surface area contributed by atoms with Crippen molar-refractivity contribution in [3.05, 3.63) is 113 Å². The summed E-state index contributed by atoms with van der Waals surface area (Å²) in [6.07, 6.45) is 0.362.